The van der Waals surface area contributed by atoms with Crippen molar-refractivity contribution in [3.05, 3.63) is 58.1 Å². The quantitative estimate of drug-likeness (QED) is 0.869. The first-order chi connectivity index (χ1) is 8.56. The molecule has 94 valence electrons. The number of nitrogens with zero attached hydrogens (tertiary/aromatic N) is 1. The molecule has 0 aliphatic heterocycles. The molecule has 0 spiro atoms. The smallest absolute Gasteiger partial charge is 0.0426 e. The standard InChI is InChI=1S/C15H17BrN2/c1-11-6-7-14(9-15(11)16)18(2)10-12-4-3-5-13(17)8-12/h3-9H,10,17H2,1-2H3. The van der Waals surface area contributed by atoms with Gasteiger partial charge in [0, 0.05) is 29.4 Å². The monoisotopic (exact) mass is 304 g/mol. The molecule has 0 saturated heterocycles. The fourth-order valence-corrected chi connectivity index (χ4v) is 2.24. The Labute approximate surface area is 117 Å². The lowest BCUT2D eigenvalue weighted by Gasteiger charge is -2.20. The highest BCUT2D eigenvalue weighted by atomic mass is 79.9. The molecule has 0 fully saturated rings. The number of hydrogen-bond donors (Lipinski definition) is 1. The van der Waals surface area contributed by atoms with Crippen molar-refractivity contribution in [2.45, 2.75) is 13.5 Å². The van der Waals surface area contributed by atoms with E-state index in [1.807, 2.05) is 18.2 Å². The van der Waals surface area contributed by atoms with Gasteiger partial charge in [0.1, 0.15) is 0 Å². The molecule has 0 unspecified atom stereocenters. The van der Waals surface area contributed by atoms with Gasteiger partial charge in [0.15, 0.2) is 0 Å². The summed E-state index contributed by atoms with van der Waals surface area (Å²) in [5.41, 5.74) is 10.3. The average Bonchev–Trinajstić information content (AvgIpc) is 2.32. The summed E-state index contributed by atoms with van der Waals surface area (Å²) in [6.45, 7) is 2.94. The molecule has 2 N–H and O–H groups in total. The molecule has 0 aliphatic carbocycles. The zero-order chi connectivity index (χ0) is 13.1. The van der Waals surface area contributed by atoms with Gasteiger partial charge >= 0.3 is 0 Å². The van der Waals surface area contributed by atoms with Gasteiger partial charge in [-0.3, -0.25) is 0 Å². The van der Waals surface area contributed by atoms with E-state index in [2.05, 4.69) is 59.1 Å². The molecular weight excluding hydrogens is 288 g/mol. The summed E-state index contributed by atoms with van der Waals surface area (Å²) in [5, 5.41) is 0. The first kappa shape index (κ1) is 13.0. The molecule has 0 radical (unpaired) electrons. The Bertz CT molecular complexity index is 552. The number of benzene rings is 2. The van der Waals surface area contributed by atoms with Gasteiger partial charge in [-0.15, -0.1) is 0 Å². The lowest BCUT2D eigenvalue weighted by Crippen LogP contribution is -2.16. The molecule has 0 heterocycles. The van der Waals surface area contributed by atoms with E-state index in [4.69, 9.17) is 5.73 Å². The van der Waals surface area contributed by atoms with Crippen LogP contribution in [0.25, 0.3) is 0 Å². The first-order valence-electron chi connectivity index (χ1n) is 5.88. The van der Waals surface area contributed by atoms with Gasteiger partial charge in [0.05, 0.1) is 0 Å². The number of nitrogens with two attached hydrogens (primary N) is 1. The zero-order valence-corrected chi connectivity index (χ0v) is 12.2. The highest BCUT2D eigenvalue weighted by molar-refractivity contribution is 9.10. The minimum absolute atomic E-state index is 0.811. The fourth-order valence-electron chi connectivity index (χ4n) is 1.88. The topological polar surface area (TPSA) is 29.3 Å². The molecule has 2 nitrogen and oxygen atoms in total. The Kier molecular flexibility index (Phi) is 3.92. The number of aryl methyl sites for hydroxylation is 1. The van der Waals surface area contributed by atoms with Gasteiger partial charge in [0.2, 0.25) is 0 Å². The highest BCUT2D eigenvalue weighted by Crippen LogP contribution is 2.24. The van der Waals surface area contributed by atoms with Gasteiger partial charge in [-0.05, 0) is 42.3 Å². The summed E-state index contributed by atoms with van der Waals surface area (Å²) in [4.78, 5) is 2.21. The third-order valence-electron chi connectivity index (χ3n) is 2.97. The Morgan fingerprint density at radius 1 is 1.17 bits per heavy atom. The fraction of sp³-hybridized carbons (Fsp3) is 0.200. The van der Waals surface area contributed by atoms with Crippen molar-refractivity contribution < 1.29 is 0 Å². The maximum atomic E-state index is 5.79. The lowest BCUT2D eigenvalue weighted by molar-refractivity contribution is 0.922. The predicted octanol–water partition coefficient (Wildman–Crippen LogP) is 3.98. The summed E-state index contributed by atoms with van der Waals surface area (Å²) in [5.74, 6) is 0. The second-order valence-corrected chi connectivity index (χ2v) is 5.39. The zero-order valence-electron chi connectivity index (χ0n) is 10.7. The SMILES string of the molecule is Cc1ccc(N(C)Cc2cccc(N)c2)cc1Br. The van der Waals surface area contributed by atoms with E-state index in [9.17, 15) is 0 Å². The summed E-state index contributed by atoms with van der Waals surface area (Å²) in [6, 6.07) is 14.4. The number of rotatable bonds is 3. The van der Waals surface area contributed by atoms with Crippen molar-refractivity contribution in [1.82, 2.24) is 0 Å². The summed E-state index contributed by atoms with van der Waals surface area (Å²) in [6.07, 6.45) is 0. The second kappa shape index (κ2) is 5.44. The van der Waals surface area contributed by atoms with Crippen LogP contribution in [0.3, 0.4) is 0 Å². The van der Waals surface area contributed by atoms with Crippen molar-refractivity contribution in [3.8, 4) is 0 Å². The minimum atomic E-state index is 0.811. The molecule has 0 atom stereocenters. The number of halogens is 1. The van der Waals surface area contributed by atoms with Crippen LogP contribution in [0, 0.1) is 6.92 Å². The van der Waals surface area contributed by atoms with E-state index in [0.717, 1.165) is 16.7 Å². The predicted molar refractivity (Wildman–Crippen MR) is 81.8 cm³/mol. The van der Waals surface area contributed by atoms with Crippen molar-refractivity contribution >= 4 is 27.3 Å². The van der Waals surface area contributed by atoms with Crippen LogP contribution in [-0.4, -0.2) is 7.05 Å². The summed E-state index contributed by atoms with van der Waals surface area (Å²) >= 11 is 3.56. The number of anilines is 2. The Balaban J connectivity index is 2.16. The second-order valence-electron chi connectivity index (χ2n) is 4.53. The van der Waals surface area contributed by atoms with Crippen LogP contribution >= 0.6 is 15.9 Å². The molecule has 18 heavy (non-hydrogen) atoms. The summed E-state index contributed by atoms with van der Waals surface area (Å²) < 4.78 is 1.14. The minimum Gasteiger partial charge on any atom is -0.399 e. The van der Waals surface area contributed by atoms with E-state index >= 15 is 0 Å². The maximum Gasteiger partial charge on any atom is 0.0426 e. The maximum absolute atomic E-state index is 5.79. The average molecular weight is 305 g/mol. The lowest BCUT2D eigenvalue weighted by atomic mass is 10.1. The van der Waals surface area contributed by atoms with Crippen LogP contribution in [0.1, 0.15) is 11.1 Å². The van der Waals surface area contributed by atoms with E-state index in [1.165, 1.54) is 16.8 Å². The van der Waals surface area contributed by atoms with E-state index < -0.39 is 0 Å². The van der Waals surface area contributed by atoms with Crippen LogP contribution in [-0.2, 0) is 6.54 Å². The third-order valence-corrected chi connectivity index (χ3v) is 3.82. The molecule has 2 rings (SSSR count). The molecule has 0 aromatic heterocycles. The van der Waals surface area contributed by atoms with Crippen LogP contribution in [0.4, 0.5) is 11.4 Å². The molecule has 0 bridgehead atoms. The van der Waals surface area contributed by atoms with Gasteiger partial charge in [0.25, 0.3) is 0 Å². The van der Waals surface area contributed by atoms with E-state index in [0.29, 0.717) is 0 Å². The van der Waals surface area contributed by atoms with Crippen molar-refractivity contribution in [2.24, 2.45) is 0 Å². The van der Waals surface area contributed by atoms with E-state index in [-0.39, 0.29) is 0 Å². The van der Waals surface area contributed by atoms with Crippen molar-refractivity contribution in [3.63, 3.8) is 0 Å². The van der Waals surface area contributed by atoms with Gasteiger partial charge in [-0.2, -0.15) is 0 Å². The summed E-state index contributed by atoms with van der Waals surface area (Å²) in [7, 11) is 2.08. The van der Waals surface area contributed by atoms with Gasteiger partial charge < -0.3 is 10.6 Å². The normalized spacial score (nSPS) is 10.4. The Morgan fingerprint density at radius 2 is 1.94 bits per heavy atom. The van der Waals surface area contributed by atoms with Gasteiger partial charge in [-0.25, -0.2) is 0 Å². The molecule has 2 aromatic rings. The molecule has 0 saturated carbocycles. The van der Waals surface area contributed by atoms with Crippen molar-refractivity contribution in [2.75, 3.05) is 17.7 Å². The molecule has 2 aromatic carbocycles. The van der Waals surface area contributed by atoms with Crippen LogP contribution in [0.5, 0.6) is 0 Å². The molecule has 0 amide bonds. The van der Waals surface area contributed by atoms with Crippen LogP contribution in [0.15, 0.2) is 46.9 Å². The van der Waals surface area contributed by atoms with Crippen molar-refractivity contribution in [1.29, 1.82) is 0 Å². The third kappa shape index (κ3) is 3.05. The Morgan fingerprint density at radius 3 is 2.61 bits per heavy atom. The highest BCUT2D eigenvalue weighted by Gasteiger charge is 2.04. The number of nitrogen functional groups attached to an aromatic ring is 1. The van der Waals surface area contributed by atoms with Crippen LogP contribution < -0.4 is 10.6 Å². The van der Waals surface area contributed by atoms with Gasteiger partial charge in [-0.1, -0.05) is 34.1 Å². The first-order valence-corrected chi connectivity index (χ1v) is 6.67. The molecular formula is C15H17BrN2. The number of hydrogen-bond acceptors (Lipinski definition) is 2. The molecule has 0 aliphatic rings. The van der Waals surface area contributed by atoms with Crippen LogP contribution in [0.2, 0.25) is 0 Å². The Hall–Kier alpha value is -1.48. The molecule has 3 heteroatoms. The largest absolute Gasteiger partial charge is 0.399 e. The van der Waals surface area contributed by atoms with E-state index in [1.54, 1.807) is 0 Å².